The maximum atomic E-state index is 6.46. The third-order valence-corrected chi connectivity index (χ3v) is 5.28. The van der Waals surface area contributed by atoms with Gasteiger partial charge in [-0.1, -0.05) is 17.7 Å². The molecule has 4 aromatic rings. The third kappa shape index (κ3) is 4.96. The van der Waals surface area contributed by atoms with Gasteiger partial charge in [0.15, 0.2) is 0 Å². The second kappa shape index (κ2) is 9.30. The summed E-state index contributed by atoms with van der Waals surface area (Å²) >= 11 is 6.46. The summed E-state index contributed by atoms with van der Waals surface area (Å²) in [5.74, 6) is 1.24. The SMILES string of the molecule is CC1CN=C(Nc2ccc3ncnc(Nc4ccc(OCc5ccccn5)c(Cl)c4)c3c2)O1. The lowest BCUT2D eigenvalue weighted by molar-refractivity contribution is 0.245. The molecule has 3 heterocycles. The van der Waals surface area contributed by atoms with Crippen molar-refractivity contribution in [3.63, 3.8) is 0 Å². The zero-order valence-corrected chi connectivity index (χ0v) is 18.6. The Morgan fingerprint density at radius 2 is 1.91 bits per heavy atom. The molecule has 1 aliphatic heterocycles. The highest BCUT2D eigenvalue weighted by Crippen LogP contribution is 2.31. The van der Waals surface area contributed by atoms with Crippen LogP contribution < -0.4 is 15.4 Å². The van der Waals surface area contributed by atoms with Crippen molar-refractivity contribution in [1.29, 1.82) is 0 Å². The zero-order chi connectivity index (χ0) is 22.6. The summed E-state index contributed by atoms with van der Waals surface area (Å²) < 4.78 is 11.4. The Morgan fingerprint density at radius 3 is 2.70 bits per heavy atom. The number of nitrogens with one attached hydrogen (secondary N) is 2. The Morgan fingerprint density at radius 1 is 1.03 bits per heavy atom. The molecule has 0 saturated carbocycles. The molecule has 0 radical (unpaired) electrons. The monoisotopic (exact) mass is 460 g/mol. The molecule has 0 bridgehead atoms. The summed E-state index contributed by atoms with van der Waals surface area (Å²) in [6, 6.07) is 17.5. The van der Waals surface area contributed by atoms with Gasteiger partial charge < -0.3 is 20.1 Å². The lowest BCUT2D eigenvalue weighted by atomic mass is 10.2. The van der Waals surface area contributed by atoms with Crippen LogP contribution in [-0.2, 0) is 11.3 Å². The number of amidine groups is 1. The first-order valence-electron chi connectivity index (χ1n) is 10.5. The summed E-state index contributed by atoms with van der Waals surface area (Å²) in [7, 11) is 0. The van der Waals surface area contributed by atoms with E-state index in [2.05, 4.69) is 30.6 Å². The van der Waals surface area contributed by atoms with Crippen molar-refractivity contribution in [2.45, 2.75) is 19.6 Å². The molecule has 2 N–H and O–H groups in total. The van der Waals surface area contributed by atoms with Gasteiger partial charge in [0.2, 0.25) is 0 Å². The molecule has 8 nitrogen and oxygen atoms in total. The smallest absolute Gasteiger partial charge is 0.289 e. The molecule has 1 unspecified atom stereocenters. The number of benzene rings is 2. The van der Waals surface area contributed by atoms with Crippen LogP contribution in [0.15, 0.2) is 72.1 Å². The van der Waals surface area contributed by atoms with Crippen LogP contribution in [0.25, 0.3) is 10.9 Å². The molecular formula is C24H21ClN6O2. The number of hydrogen-bond acceptors (Lipinski definition) is 8. The number of nitrogens with zero attached hydrogens (tertiary/aromatic N) is 4. The van der Waals surface area contributed by atoms with Gasteiger partial charge in [-0.2, -0.15) is 0 Å². The van der Waals surface area contributed by atoms with Crippen molar-refractivity contribution in [1.82, 2.24) is 15.0 Å². The summed E-state index contributed by atoms with van der Waals surface area (Å²) in [6.45, 7) is 2.97. The van der Waals surface area contributed by atoms with Crippen molar-refractivity contribution in [2.24, 2.45) is 4.99 Å². The number of aliphatic imine (C=N–C) groups is 1. The Bertz CT molecular complexity index is 1320. The van der Waals surface area contributed by atoms with Gasteiger partial charge in [-0.15, -0.1) is 0 Å². The molecule has 33 heavy (non-hydrogen) atoms. The molecule has 2 aromatic carbocycles. The number of rotatable bonds is 6. The second-order valence-corrected chi connectivity index (χ2v) is 7.94. The van der Waals surface area contributed by atoms with Gasteiger partial charge in [0.25, 0.3) is 6.02 Å². The molecule has 5 rings (SSSR count). The topological polar surface area (TPSA) is 93.6 Å². The average Bonchev–Trinajstić information content (AvgIpc) is 3.24. The number of fused-ring (bicyclic) bond motifs is 1. The fourth-order valence-electron chi connectivity index (χ4n) is 3.37. The van der Waals surface area contributed by atoms with Gasteiger partial charge in [-0.25, -0.2) is 15.0 Å². The van der Waals surface area contributed by atoms with E-state index in [-0.39, 0.29) is 6.10 Å². The van der Waals surface area contributed by atoms with Gasteiger partial charge in [0, 0.05) is 23.0 Å². The molecule has 0 spiro atoms. The molecule has 2 aromatic heterocycles. The normalized spacial score (nSPS) is 15.1. The first-order chi connectivity index (χ1) is 16.1. The van der Waals surface area contributed by atoms with Crippen LogP contribution in [0.4, 0.5) is 17.2 Å². The van der Waals surface area contributed by atoms with Crippen LogP contribution in [0.5, 0.6) is 5.75 Å². The fraction of sp³-hybridized carbons (Fsp3) is 0.167. The van der Waals surface area contributed by atoms with Gasteiger partial charge >= 0.3 is 0 Å². The molecule has 9 heteroatoms. The Kier molecular flexibility index (Phi) is 5.91. The molecular weight excluding hydrogens is 440 g/mol. The first kappa shape index (κ1) is 21.0. The van der Waals surface area contributed by atoms with Crippen molar-refractivity contribution in [3.05, 3.63) is 77.8 Å². The van der Waals surface area contributed by atoms with Crippen molar-refractivity contribution in [3.8, 4) is 5.75 Å². The first-order valence-corrected chi connectivity index (χ1v) is 10.8. The molecule has 1 aliphatic rings. The summed E-state index contributed by atoms with van der Waals surface area (Å²) in [4.78, 5) is 17.4. The quantitative estimate of drug-likeness (QED) is 0.409. The van der Waals surface area contributed by atoms with E-state index in [0.29, 0.717) is 35.8 Å². The van der Waals surface area contributed by atoms with Crippen LogP contribution in [0.1, 0.15) is 12.6 Å². The van der Waals surface area contributed by atoms with E-state index in [1.54, 1.807) is 12.3 Å². The summed E-state index contributed by atoms with van der Waals surface area (Å²) in [5, 5.41) is 7.86. The highest BCUT2D eigenvalue weighted by Gasteiger charge is 2.15. The van der Waals surface area contributed by atoms with E-state index in [9.17, 15) is 0 Å². The number of aromatic nitrogens is 3. The number of halogens is 1. The van der Waals surface area contributed by atoms with E-state index < -0.39 is 0 Å². The molecule has 166 valence electrons. The minimum Gasteiger partial charge on any atom is -0.486 e. The molecule has 1 atom stereocenters. The highest BCUT2D eigenvalue weighted by molar-refractivity contribution is 6.32. The maximum absolute atomic E-state index is 6.46. The molecule has 0 fully saturated rings. The number of anilines is 3. The second-order valence-electron chi connectivity index (χ2n) is 7.53. The number of hydrogen-bond donors (Lipinski definition) is 2. The summed E-state index contributed by atoms with van der Waals surface area (Å²) in [6.07, 6.45) is 3.33. The zero-order valence-electron chi connectivity index (χ0n) is 17.8. The van der Waals surface area contributed by atoms with Crippen molar-refractivity contribution >= 4 is 45.7 Å². The Hall–Kier alpha value is -3.91. The van der Waals surface area contributed by atoms with Gasteiger partial charge in [-0.3, -0.25) is 4.98 Å². The lowest BCUT2D eigenvalue weighted by Crippen LogP contribution is -2.15. The highest BCUT2D eigenvalue weighted by atomic mass is 35.5. The van der Waals surface area contributed by atoms with E-state index in [4.69, 9.17) is 21.1 Å². The van der Waals surface area contributed by atoms with Gasteiger partial charge in [-0.05, 0) is 55.5 Å². The average molecular weight is 461 g/mol. The van der Waals surface area contributed by atoms with Crippen LogP contribution in [0.3, 0.4) is 0 Å². The van der Waals surface area contributed by atoms with Gasteiger partial charge in [0.05, 0.1) is 22.8 Å². The number of pyridine rings is 1. The Labute approximate surface area is 195 Å². The largest absolute Gasteiger partial charge is 0.486 e. The molecule has 0 amide bonds. The van der Waals surface area contributed by atoms with E-state index in [1.165, 1.54) is 6.33 Å². The maximum Gasteiger partial charge on any atom is 0.289 e. The van der Waals surface area contributed by atoms with Crippen LogP contribution in [0, 0.1) is 0 Å². The van der Waals surface area contributed by atoms with Crippen LogP contribution in [-0.4, -0.2) is 33.6 Å². The number of ether oxygens (including phenoxy) is 2. The van der Waals surface area contributed by atoms with Crippen molar-refractivity contribution < 1.29 is 9.47 Å². The van der Waals surface area contributed by atoms with E-state index >= 15 is 0 Å². The third-order valence-electron chi connectivity index (χ3n) is 4.99. The summed E-state index contributed by atoms with van der Waals surface area (Å²) in [5.41, 5.74) is 3.25. The molecule has 0 aliphatic carbocycles. The lowest BCUT2D eigenvalue weighted by Gasteiger charge is -2.13. The Balaban J connectivity index is 1.33. The van der Waals surface area contributed by atoms with Gasteiger partial charge in [0.1, 0.15) is 30.6 Å². The predicted octanol–water partition coefficient (Wildman–Crippen LogP) is 5.19. The van der Waals surface area contributed by atoms with E-state index in [1.807, 2.05) is 55.5 Å². The fourth-order valence-corrected chi connectivity index (χ4v) is 3.61. The molecule has 0 saturated heterocycles. The predicted molar refractivity (Wildman–Crippen MR) is 129 cm³/mol. The minimum atomic E-state index is 0.0779. The van der Waals surface area contributed by atoms with Crippen LogP contribution >= 0.6 is 11.6 Å². The van der Waals surface area contributed by atoms with Crippen LogP contribution in [0.2, 0.25) is 5.02 Å². The minimum absolute atomic E-state index is 0.0779. The standard InChI is InChI=1S/C24H21ClN6O2/c1-15-12-27-24(33-15)31-16-5-7-21-19(10-16)23(29-14-28-21)30-17-6-8-22(20(25)11-17)32-13-18-4-2-3-9-26-18/h2-11,14-15H,12-13H2,1H3,(H,27,31)(H,28,29,30). The van der Waals surface area contributed by atoms with Crippen molar-refractivity contribution in [2.75, 3.05) is 17.2 Å². The van der Waals surface area contributed by atoms with E-state index in [0.717, 1.165) is 28.0 Å².